The molecule has 0 saturated carbocycles. The minimum atomic E-state index is -0.782. The van der Waals surface area contributed by atoms with E-state index in [-0.39, 0.29) is 25.7 Å². The number of amides is 1. The normalized spacial score (nSPS) is 17.5. The van der Waals surface area contributed by atoms with Gasteiger partial charge in [0.15, 0.2) is 18.3 Å². The van der Waals surface area contributed by atoms with E-state index in [2.05, 4.69) is 0 Å². The smallest absolute Gasteiger partial charge is 0.303 e. The molecule has 1 heterocycles. The van der Waals surface area contributed by atoms with Crippen molar-refractivity contribution in [1.29, 1.82) is 0 Å². The molecule has 0 bridgehead atoms. The Morgan fingerprint density at radius 1 is 0.791 bits per heavy atom. The molecule has 0 aromatic heterocycles. The highest BCUT2D eigenvalue weighted by molar-refractivity contribution is 5.84. The molecule has 1 amide bonds. The predicted octanol–water partition coefficient (Wildman–Crippen LogP) is 5.46. The molecule has 1 aliphatic rings. The third-order valence-corrected chi connectivity index (χ3v) is 7.03. The number of hydrogen-bond acceptors (Lipinski definition) is 7. The van der Waals surface area contributed by atoms with Gasteiger partial charge >= 0.3 is 5.97 Å². The third-order valence-electron chi connectivity index (χ3n) is 7.03. The molecule has 3 aromatic rings. The van der Waals surface area contributed by atoms with Crippen LogP contribution in [-0.2, 0) is 53.1 Å². The van der Waals surface area contributed by atoms with E-state index in [9.17, 15) is 9.59 Å². The van der Waals surface area contributed by atoms with Crippen molar-refractivity contribution >= 4 is 11.9 Å². The average molecular weight is 588 g/mol. The fourth-order valence-electron chi connectivity index (χ4n) is 4.67. The summed E-state index contributed by atoms with van der Waals surface area (Å²) in [5.74, 6) is -0.0969. The minimum Gasteiger partial charge on any atom is -0.491 e. The molecular weight excluding hydrogens is 546 g/mol. The first-order valence-corrected chi connectivity index (χ1v) is 14.8. The first-order valence-electron chi connectivity index (χ1n) is 14.8. The van der Waals surface area contributed by atoms with Crippen molar-refractivity contribution in [2.75, 3.05) is 19.7 Å². The highest BCUT2D eigenvalue weighted by Crippen LogP contribution is 2.33. The lowest BCUT2D eigenvalue weighted by molar-refractivity contribution is -0.159. The summed E-state index contributed by atoms with van der Waals surface area (Å²) in [4.78, 5) is 27.1. The predicted molar refractivity (Wildman–Crippen MR) is 163 cm³/mol. The van der Waals surface area contributed by atoms with Gasteiger partial charge in [-0.15, -0.1) is 0 Å². The van der Waals surface area contributed by atoms with Crippen LogP contribution in [-0.4, -0.2) is 60.9 Å². The number of epoxide rings is 1. The molecule has 1 aliphatic heterocycles. The monoisotopic (exact) mass is 587 g/mol. The zero-order valence-corrected chi connectivity index (χ0v) is 25.1. The van der Waals surface area contributed by atoms with Crippen LogP contribution in [0.3, 0.4) is 0 Å². The van der Waals surface area contributed by atoms with Gasteiger partial charge in [-0.05, 0) is 36.6 Å². The Morgan fingerprint density at radius 3 is 1.86 bits per heavy atom. The second-order valence-corrected chi connectivity index (χ2v) is 10.2. The number of esters is 1. The average Bonchev–Trinajstić information content (AvgIpc) is 3.83. The van der Waals surface area contributed by atoms with Gasteiger partial charge in [-0.2, -0.15) is 0 Å². The summed E-state index contributed by atoms with van der Waals surface area (Å²) in [7, 11) is 0. The van der Waals surface area contributed by atoms with Gasteiger partial charge < -0.3 is 28.6 Å². The Bertz CT molecular complexity index is 1300. The Balaban J connectivity index is 1.60. The quantitative estimate of drug-likeness (QED) is 0.118. The molecule has 0 spiro atoms. The molecule has 0 radical (unpaired) electrons. The fourth-order valence-corrected chi connectivity index (χ4v) is 4.67. The van der Waals surface area contributed by atoms with E-state index in [1.54, 1.807) is 11.0 Å². The topological polar surface area (TPSA) is 86.8 Å². The summed E-state index contributed by atoms with van der Waals surface area (Å²) in [5, 5.41) is 0. The second kappa shape index (κ2) is 16.6. The molecule has 3 aromatic carbocycles. The van der Waals surface area contributed by atoms with Crippen LogP contribution < -0.4 is 0 Å². The highest BCUT2D eigenvalue weighted by atomic mass is 16.6. The van der Waals surface area contributed by atoms with Crippen LogP contribution in [0.25, 0.3) is 0 Å². The number of rotatable bonds is 17. The third kappa shape index (κ3) is 10.1. The van der Waals surface area contributed by atoms with Gasteiger partial charge in [0.05, 0.1) is 19.8 Å². The largest absolute Gasteiger partial charge is 0.491 e. The van der Waals surface area contributed by atoms with Crippen molar-refractivity contribution in [1.82, 2.24) is 4.90 Å². The van der Waals surface area contributed by atoms with Crippen molar-refractivity contribution in [2.24, 2.45) is 0 Å². The van der Waals surface area contributed by atoms with Gasteiger partial charge in [-0.25, -0.2) is 0 Å². The zero-order chi connectivity index (χ0) is 30.4. The first-order chi connectivity index (χ1) is 21.0. The van der Waals surface area contributed by atoms with E-state index < -0.39 is 30.4 Å². The highest BCUT2D eigenvalue weighted by Gasteiger charge is 2.50. The van der Waals surface area contributed by atoms with E-state index in [1.165, 1.54) is 6.92 Å². The Kier molecular flexibility index (Phi) is 12.3. The van der Waals surface area contributed by atoms with Gasteiger partial charge in [-0.1, -0.05) is 91.0 Å². The van der Waals surface area contributed by atoms with Crippen molar-refractivity contribution in [3.63, 3.8) is 0 Å². The number of benzene rings is 3. The van der Waals surface area contributed by atoms with Crippen molar-refractivity contribution < 1.29 is 33.3 Å². The van der Waals surface area contributed by atoms with Crippen molar-refractivity contribution in [3.8, 4) is 0 Å². The van der Waals surface area contributed by atoms with Crippen molar-refractivity contribution in [2.45, 2.75) is 65.0 Å². The van der Waals surface area contributed by atoms with Crippen LogP contribution in [0, 0.1) is 0 Å². The number of nitrogens with zero attached hydrogens (tertiary/aromatic N) is 1. The summed E-state index contributed by atoms with van der Waals surface area (Å²) >= 11 is 0. The van der Waals surface area contributed by atoms with Crippen LogP contribution in [0.2, 0.25) is 0 Å². The van der Waals surface area contributed by atoms with Crippen LogP contribution >= 0.6 is 0 Å². The van der Waals surface area contributed by atoms with E-state index in [0.717, 1.165) is 16.7 Å². The van der Waals surface area contributed by atoms with Gasteiger partial charge in [-0.3, -0.25) is 9.59 Å². The van der Waals surface area contributed by atoms with Crippen LogP contribution in [0.5, 0.6) is 0 Å². The molecule has 4 atom stereocenters. The summed E-state index contributed by atoms with van der Waals surface area (Å²) in [5.41, 5.74) is 2.92. The molecular formula is C35H41NO7. The molecule has 4 rings (SSSR count). The van der Waals surface area contributed by atoms with Crippen LogP contribution in [0.1, 0.15) is 37.5 Å². The zero-order valence-electron chi connectivity index (χ0n) is 25.1. The van der Waals surface area contributed by atoms with E-state index in [1.807, 2.05) is 105 Å². The molecule has 8 heteroatoms. The van der Waals surface area contributed by atoms with Gasteiger partial charge in [0.25, 0.3) is 5.91 Å². The lowest BCUT2D eigenvalue weighted by Gasteiger charge is -2.26. The van der Waals surface area contributed by atoms with Gasteiger partial charge in [0, 0.05) is 20.0 Å². The summed E-state index contributed by atoms with van der Waals surface area (Å²) in [6, 6.07) is 29.2. The van der Waals surface area contributed by atoms with E-state index in [4.69, 9.17) is 23.7 Å². The Labute approximate surface area is 254 Å². The Hall–Kier alpha value is -3.98. The van der Waals surface area contributed by atoms with E-state index in [0.29, 0.717) is 25.5 Å². The lowest BCUT2D eigenvalue weighted by Crippen LogP contribution is -2.37. The molecule has 0 unspecified atom stereocenters. The number of carbonyl (C=O) groups is 2. The van der Waals surface area contributed by atoms with Gasteiger partial charge in [0.1, 0.15) is 18.5 Å². The number of hydrogen-bond donors (Lipinski definition) is 0. The standard InChI is InChI=1S/C35H41NO7/c1-4-36(5-2)35(38)34-33(43-34)31(41-24-29-19-13-8-14-20-29)21-30(40-23-28-17-11-7-12-18-28)32(42-26(3)37)25-39-22-27-15-9-6-10-16-27/h6-21,30,32-34H,4-5,22-25H2,1-3H3/b31-21-/t30-,32+,33-,34+/m0/s1. The minimum absolute atomic E-state index is 0.0870. The van der Waals surface area contributed by atoms with Crippen LogP contribution in [0.4, 0.5) is 0 Å². The number of ether oxygens (including phenoxy) is 5. The Morgan fingerprint density at radius 2 is 1.33 bits per heavy atom. The molecule has 228 valence electrons. The number of likely N-dealkylation sites (N-methyl/N-ethyl adjacent to an activating group) is 1. The first kappa shape index (κ1) is 31.9. The molecule has 1 saturated heterocycles. The molecule has 0 N–H and O–H groups in total. The van der Waals surface area contributed by atoms with Crippen molar-refractivity contribution in [3.05, 3.63) is 120 Å². The maximum absolute atomic E-state index is 13.1. The SMILES string of the molecule is CCN(CC)C(=O)[C@@H]1O[C@H]1/C(=C/[C@H](OCc1ccccc1)[C@@H](COCc1ccccc1)OC(C)=O)OCc1ccccc1. The molecule has 8 nitrogen and oxygen atoms in total. The maximum atomic E-state index is 13.1. The number of carbonyl (C=O) groups excluding carboxylic acids is 2. The molecule has 0 aliphatic carbocycles. The maximum Gasteiger partial charge on any atom is 0.303 e. The second-order valence-electron chi connectivity index (χ2n) is 10.2. The molecule has 1 fully saturated rings. The van der Waals surface area contributed by atoms with Crippen LogP contribution in [0.15, 0.2) is 103 Å². The van der Waals surface area contributed by atoms with E-state index >= 15 is 0 Å². The summed E-state index contributed by atoms with van der Waals surface area (Å²) in [6.07, 6.45) is -0.998. The van der Waals surface area contributed by atoms with Gasteiger partial charge in [0.2, 0.25) is 0 Å². The lowest BCUT2D eigenvalue weighted by atomic mass is 10.1. The summed E-state index contributed by atoms with van der Waals surface area (Å²) < 4.78 is 30.3. The fraction of sp³-hybridized carbons (Fsp3) is 0.371. The summed E-state index contributed by atoms with van der Waals surface area (Å²) in [6.45, 7) is 7.37. The molecule has 43 heavy (non-hydrogen) atoms.